The van der Waals surface area contributed by atoms with Crippen molar-refractivity contribution in [2.45, 2.75) is 19.0 Å². The van der Waals surface area contributed by atoms with E-state index in [1.807, 2.05) is 31.5 Å². The molecule has 0 saturated carbocycles. The Morgan fingerprint density at radius 3 is 2.83 bits per heavy atom. The number of hydrogen-bond acceptors (Lipinski definition) is 8. The van der Waals surface area contributed by atoms with Gasteiger partial charge in [0.1, 0.15) is 10.8 Å². The van der Waals surface area contributed by atoms with Crippen LogP contribution in [0.4, 0.5) is 5.13 Å². The molecule has 3 rings (SSSR count). The second kappa shape index (κ2) is 6.50. The van der Waals surface area contributed by atoms with Gasteiger partial charge in [0.2, 0.25) is 11.0 Å². The molecule has 0 spiro atoms. The molecule has 1 amide bonds. The number of carbonyl (C=O) groups is 1. The second-order valence-corrected chi connectivity index (χ2v) is 6.84. The van der Waals surface area contributed by atoms with Crippen molar-refractivity contribution in [3.05, 3.63) is 23.1 Å². The molecule has 10 heteroatoms. The molecule has 0 saturated heterocycles. The third-order valence-corrected chi connectivity index (χ3v) is 4.81. The number of anilines is 1. The molecule has 1 N–H and O–H groups in total. The summed E-state index contributed by atoms with van der Waals surface area (Å²) in [5.74, 6) is 1.55. The maximum atomic E-state index is 11.9. The molecular weight excluding hydrogens is 336 g/mol. The number of carbonyl (C=O) groups excluding carboxylic acids is 1. The Morgan fingerprint density at radius 2 is 2.17 bits per heavy atom. The summed E-state index contributed by atoms with van der Waals surface area (Å²) in [6, 6.07) is 1.85. The minimum atomic E-state index is -0.157. The Balaban J connectivity index is 1.64. The SMILES string of the molecule is Cc1nnc(NC(=O)CSc2nnc(-c3ccoc3C)n2C)s1. The lowest BCUT2D eigenvalue weighted by Gasteiger charge is -2.03. The Kier molecular flexibility index (Phi) is 4.44. The van der Waals surface area contributed by atoms with E-state index in [0.717, 1.165) is 16.3 Å². The molecule has 3 aromatic heterocycles. The fourth-order valence-corrected chi connectivity index (χ4v) is 3.24. The van der Waals surface area contributed by atoms with Gasteiger partial charge < -0.3 is 8.98 Å². The third kappa shape index (κ3) is 3.42. The summed E-state index contributed by atoms with van der Waals surface area (Å²) in [5, 5.41) is 20.7. The van der Waals surface area contributed by atoms with Gasteiger partial charge >= 0.3 is 0 Å². The molecular formula is C13H14N6O2S2. The van der Waals surface area contributed by atoms with Crippen LogP contribution in [0.25, 0.3) is 11.4 Å². The summed E-state index contributed by atoms with van der Waals surface area (Å²) in [4.78, 5) is 11.9. The minimum Gasteiger partial charge on any atom is -0.469 e. The summed E-state index contributed by atoms with van der Waals surface area (Å²) in [6.45, 7) is 3.70. The van der Waals surface area contributed by atoms with E-state index in [2.05, 4.69) is 25.7 Å². The van der Waals surface area contributed by atoms with Crippen LogP contribution in [0.3, 0.4) is 0 Å². The van der Waals surface area contributed by atoms with Gasteiger partial charge in [-0.05, 0) is 19.9 Å². The van der Waals surface area contributed by atoms with Gasteiger partial charge in [0.15, 0.2) is 11.0 Å². The van der Waals surface area contributed by atoms with E-state index in [-0.39, 0.29) is 11.7 Å². The van der Waals surface area contributed by atoms with Crippen molar-refractivity contribution in [1.29, 1.82) is 0 Å². The van der Waals surface area contributed by atoms with E-state index in [1.54, 1.807) is 6.26 Å². The van der Waals surface area contributed by atoms with Crippen molar-refractivity contribution in [2.24, 2.45) is 7.05 Å². The molecule has 8 nitrogen and oxygen atoms in total. The van der Waals surface area contributed by atoms with Crippen LogP contribution in [-0.2, 0) is 11.8 Å². The number of hydrogen-bond donors (Lipinski definition) is 1. The van der Waals surface area contributed by atoms with Gasteiger partial charge in [0.25, 0.3) is 0 Å². The smallest absolute Gasteiger partial charge is 0.236 e. The highest BCUT2D eigenvalue weighted by molar-refractivity contribution is 7.99. The summed E-state index contributed by atoms with van der Waals surface area (Å²) >= 11 is 2.65. The minimum absolute atomic E-state index is 0.157. The largest absolute Gasteiger partial charge is 0.469 e. The number of aryl methyl sites for hydroxylation is 2. The molecule has 0 aliphatic rings. The highest BCUT2D eigenvalue weighted by Gasteiger charge is 2.16. The molecule has 0 aromatic carbocycles. The van der Waals surface area contributed by atoms with E-state index in [4.69, 9.17) is 4.42 Å². The second-order valence-electron chi connectivity index (χ2n) is 4.72. The number of furan rings is 1. The Hall–Kier alpha value is -2.20. The number of aromatic nitrogens is 5. The average molecular weight is 350 g/mol. The summed E-state index contributed by atoms with van der Waals surface area (Å²) in [5.41, 5.74) is 0.889. The first-order valence-electron chi connectivity index (χ1n) is 6.71. The first-order chi connectivity index (χ1) is 11.0. The highest BCUT2D eigenvalue weighted by Crippen LogP contribution is 2.25. The van der Waals surface area contributed by atoms with Crippen LogP contribution >= 0.6 is 23.1 Å². The predicted molar refractivity (Wildman–Crippen MR) is 87.4 cm³/mol. The average Bonchev–Trinajstić information content (AvgIpc) is 3.19. The number of rotatable bonds is 5. The summed E-state index contributed by atoms with van der Waals surface area (Å²) in [6.07, 6.45) is 1.61. The van der Waals surface area contributed by atoms with E-state index in [9.17, 15) is 4.79 Å². The van der Waals surface area contributed by atoms with Crippen LogP contribution in [0.2, 0.25) is 0 Å². The van der Waals surface area contributed by atoms with Gasteiger partial charge in [0, 0.05) is 7.05 Å². The predicted octanol–water partition coefficient (Wildman–Crippen LogP) is 2.27. The molecule has 0 aliphatic carbocycles. The van der Waals surface area contributed by atoms with Crippen molar-refractivity contribution >= 4 is 34.1 Å². The normalized spacial score (nSPS) is 10.9. The zero-order chi connectivity index (χ0) is 16.4. The van der Waals surface area contributed by atoms with Crippen LogP contribution in [0.15, 0.2) is 21.9 Å². The van der Waals surface area contributed by atoms with Crippen LogP contribution in [0.5, 0.6) is 0 Å². The molecule has 3 aromatic rings. The van der Waals surface area contributed by atoms with Gasteiger partial charge in [0.05, 0.1) is 17.6 Å². The van der Waals surface area contributed by atoms with Crippen molar-refractivity contribution in [2.75, 3.05) is 11.1 Å². The standard InChI is InChI=1S/C13H14N6O2S2/c1-7-9(4-5-21-7)11-16-18-13(19(11)3)22-6-10(20)14-12-17-15-8(2)23-12/h4-5H,6H2,1-3H3,(H,14,17,20). The van der Waals surface area contributed by atoms with E-state index < -0.39 is 0 Å². The monoisotopic (exact) mass is 350 g/mol. The van der Waals surface area contributed by atoms with Gasteiger partial charge in [-0.3, -0.25) is 10.1 Å². The molecule has 23 heavy (non-hydrogen) atoms. The number of amides is 1. The third-order valence-electron chi connectivity index (χ3n) is 3.04. The molecule has 0 radical (unpaired) electrons. The lowest BCUT2D eigenvalue weighted by molar-refractivity contribution is -0.113. The summed E-state index contributed by atoms with van der Waals surface area (Å²) in [7, 11) is 1.86. The van der Waals surface area contributed by atoms with Crippen molar-refractivity contribution in [3.63, 3.8) is 0 Å². The van der Waals surface area contributed by atoms with Gasteiger partial charge in [-0.1, -0.05) is 23.1 Å². The number of nitrogens with zero attached hydrogens (tertiary/aromatic N) is 5. The molecule has 120 valence electrons. The maximum absolute atomic E-state index is 11.9. The molecule has 0 bridgehead atoms. The molecule has 0 fully saturated rings. The van der Waals surface area contributed by atoms with Crippen molar-refractivity contribution in [3.8, 4) is 11.4 Å². The number of nitrogens with one attached hydrogen (secondary N) is 1. The zero-order valence-corrected chi connectivity index (χ0v) is 14.4. The zero-order valence-electron chi connectivity index (χ0n) is 12.7. The van der Waals surface area contributed by atoms with Gasteiger partial charge in [-0.25, -0.2) is 0 Å². The van der Waals surface area contributed by atoms with E-state index >= 15 is 0 Å². The van der Waals surface area contributed by atoms with Crippen LogP contribution in [-0.4, -0.2) is 36.6 Å². The fourth-order valence-electron chi connectivity index (χ4n) is 1.92. The molecule has 0 atom stereocenters. The van der Waals surface area contributed by atoms with Crippen molar-refractivity contribution in [1.82, 2.24) is 25.0 Å². The van der Waals surface area contributed by atoms with E-state index in [1.165, 1.54) is 23.1 Å². The highest BCUT2D eigenvalue weighted by atomic mass is 32.2. The molecule has 0 unspecified atom stereocenters. The first kappa shape index (κ1) is 15.7. The van der Waals surface area contributed by atoms with Gasteiger partial charge in [-0.2, -0.15) is 0 Å². The fraction of sp³-hybridized carbons (Fsp3) is 0.308. The number of thioether (sulfide) groups is 1. The Morgan fingerprint density at radius 1 is 1.35 bits per heavy atom. The Labute approximate surface area is 140 Å². The van der Waals surface area contributed by atoms with E-state index in [0.29, 0.717) is 16.1 Å². The topological polar surface area (TPSA) is 98.7 Å². The van der Waals surface area contributed by atoms with Crippen molar-refractivity contribution < 1.29 is 9.21 Å². The Bertz CT molecular complexity index is 837. The van der Waals surface area contributed by atoms with Gasteiger partial charge in [-0.15, -0.1) is 20.4 Å². The molecule has 3 heterocycles. The maximum Gasteiger partial charge on any atom is 0.236 e. The van der Waals surface area contributed by atoms with Crippen LogP contribution in [0, 0.1) is 13.8 Å². The quantitative estimate of drug-likeness (QED) is 0.705. The summed E-state index contributed by atoms with van der Waals surface area (Å²) < 4.78 is 7.12. The van der Waals surface area contributed by atoms with Crippen LogP contribution in [0.1, 0.15) is 10.8 Å². The molecule has 0 aliphatic heterocycles. The lowest BCUT2D eigenvalue weighted by Crippen LogP contribution is -2.14. The van der Waals surface area contributed by atoms with Crippen LogP contribution < -0.4 is 5.32 Å². The first-order valence-corrected chi connectivity index (χ1v) is 8.51. The lowest BCUT2D eigenvalue weighted by atomic mass is 10.2.